The molecular weight excluding hydrogens is 310 g/mol. The summed E-state index contributed by atoms with van der Waals surface area (Å²) in [6.45, 7) is 4.21. The Hall–Kier alpha value is -2.38. The average Bonchev–Trinajstić information content (AvgIpc) is 3.09. The van der Waals surface area contributed by atoms with Crippen molar-refractivity contribution in [2.24, 2.45) is 0 Å². The predicted octanol–water partition coefficient (Wildman–Crippen LogP) is 1.45. The molecule has 2 aromatic rings. The molecule has 0 atom stereocenters. The topological polar surface area (TPSA) is 76.8 Å². The molecule has 0 spiro atoms. The number of nitrogens with zero attached hydrogens (tertiary/aromatic N) is 2. The molecule has 0 saturated carbocycles. The molecule has 24 heavy (non-hydrogen) atoms. The van der Waals surface area contributed by atoms with Gasteiger partial charge < -0.3 is 19.3 Å². The van der Waals surface area contributed by atoms with E-state index in [9.17, 15) is 4.79 Å². The van der Waals surface area contributed by atoms with Crippen molar-refractivity contribution in [2.45, 2.75) is 13.1 Å². The molecule has 1 aliphatic rings. The largest absolute Gasteiger partial charge is 0.497 e. The number of nitrogens with one attached hydrogen (secondary N) is 1. The van der Waals surface area contributed by atoms with Crippen LogP contribution in [0.5, 0.6) is 5.75 Å². The van der Waals surface area contributed by atoms with E-state index in [0.717, 1.165) is 37.6 Å². The zero-order valence-corrected chi connectivity index (χ0v) is 13.7. The minimum Gasteiger partial charge on any atom is -0.497 e. The number of hydrogen-bond acceptors (Lipinski definition) is 6. The van der Waals surface area contributed by atoms with Crippen LogP contribution in [-0.4, -0.2) is 49.4 Å². The fourth-order valence-electron chi connectivity index (χ4n) is 2.53. The van der Waals surface area contributed by atoms with Crippen LogP contribution >= 0.6 is 0 Å². The summed E-state index contributed by atoms with van der Waals surface area (Å²) in [5, 5.41) is 6.69. The second-order valence-corrected chi connectivity index (χ2v) is 5.60. The van der Waals surface area contributed by atoms with Gasteiger partial charge in [0.05, 0.1) is 26.9 Å². The third-order valence-corrected chi connectivity index (χ3v) is 3.86. The molecule has 1 aromatic heterocycles. The Morgan fingerprint density at radius 3 is 2.96 bits per heavy atom. The van der Waals surface area contributed by atoms with Gasteiger partial charge in [0.15, 0.2) is 11.5 Å². The van der Waals surface area contributed by atoms with Crippen molar-refractivity contribution in [1.82, 2.24) is 15.4 Å². The van der Waals surface area contributed by atoms with Crippen molar-refractivity contribution in [3.63, 3.8) is 0 Å². The van der Waals surface area contributed by atoms with Crippen LogP contribution in [0.15, 0.2) is 34.9 Å². The molecule has 1 aromatic carbocycles. The summed E-state index contributed by atoms with van der Waals surface area (Å²) >= 11 is 0. The van der Waals surface area contributed by atoms with E-state index < -0.39 is 0 Å². The Morgan fingerprint density at radius 1 is 1.33 bits per heavy atom. The van der Waals surface area contributed by atoms with E-state index in [4.69, 9.17) is 14.0 Å². The number of carbonyl (C=O) groups is 1. The Balaban J connectivity index is 1.53. The number of rotatable bonds is 6. The van der Waals surface area contributed by atoms with E-state index in [1.165, 1.54) is 0 Å². The summed E-state index contributed by atoms with van der Waals surface area (Å²) in [6.07, 6.45) is 0. The van der Waals surface area contributed by atoms with E-state index in [2.05, 4.69) is 15.4 Å². The average molecular weight is 331 g/mol. The van der Waals surface area contributed by atoms with Gasteiger partial charge in [-0.25, -0.2) is 0 Å². The van der Waals surface area contributed by atoms with Crippen LogP contribution < -0.4 is 10.1 Å². The minimum absolute atomic E-state index is 0.255. The minimum atomic E-state index is -0.255. The fraction of sp³-hybridized carbons (Fsp3) is 0.412. The number of aromatic nitrogens is 1. The van der Waals surface area contributed by atoms with Gasteiger partial charge in [-0.3, -0.25) is 9.69 Å². The number of carbonyl (C=O) groups excluding carboxylic acids is 1. The number of morpholine rings is 1. The number of amides is 1. The second-order valence-electron chi connectivity index (χ2n) is 5.60. The van der Waals surface area contributed by atoms with E-state index in [0.29, 0.717) is 24.5 Å². The van der Waals surface area contributed by atoms with E-state index in [1.807, 2.05) is 24.3 Å². The lowest BCUT2D eigenvalue weighted by molar-refractivity contribution is 0.0305. The predicted molar refractivity (Wildman–Crippen MR) is 86.8 cm³/mol. The third-order valence-electron chi connectivity index (χ3n) is 3.86. The van der Waals surface area contributed by atoms with E-state index >= 15 is 0 Å². The van der Waals surface area contributed by atoms with Crippen LogP contribution in [0, 0.1) is 0 Å². The number of ether oxygens (including phenoxy) is 2. The van der Waals surface area contributed by atoms with E-state index in [1.54, 1.807) is 13.2 Å². The lowest BCUT2D eigenvalue weighted by Gasteiger charge is -2.25. The lowest BCUT2D eigenvalue weighted by Crippen LogP contribution is -2.35. The van der Waals surface area contributed by atoms with Crippen molar-refractivity contribution in [1.29, 1.82) is 0 Å². The Labute approximate surface area is 140 Å². The summed E-state index contributed by atoms with van der Waals surface area (Å²) in [7, 11) is 1.61. The van der Waals surface area contributed by atoms with Crippen LogP contribution in [0.2, 0.25) is 0 Å². The Kier molecular flexibility index (Phi) is 5.45. The number of hydrogen-bond donors (Lipinski definition) is 1. The second kappa shape index (κ2) is 7.94. The smallest absolute Gasteiger partial charge is 0.273 e. The molecule has 7 nitrogen and oxygen atoms in total. The van der Waals surface area contributed by atoms with Gasteiger partial charge in [-0.1, -0.05) is 17.3 Å². The molecule has 1 saturated heterocycles. The molecule has 3 rings (SSSR count). The molecule has 1 N–H and O–H groups in total. The summed E-state index contributed by atoms with van der Waals surface area (Å²) in [5.74, 6) is 1.19. The van der Waals surface area contributed by atoms with Crippen LogP contribution in [0.25, 0.3) is 0 Å². The van der Waals surface area contributed by atoms with Crippen LogP contribution in [0.3, 0.4) is 0 Å². The summed E-state index contributed by atoms with van der Waals surface area (Å²) in [4.78, 5) is 14.4. The van der Waals surface area contributed by atoms with Gasteiger partial charge in [-0.15, -0.1) is 0 Å². The van der Waals surface area contributed by atoms with Gasteiger partial charge in [0.1, 0.15) is 5.75 Å². The van der Waals surface area contributed by atoms with Gasteiger partial charge in [-0.2, -0.15) is 0 Å². The molecule has 0 radical (unpaired) electrons. The van der Waals surface area contributed by atoms with Crippen LogP contribution in [0.4, 0.5) is 0 Å². The maximum absolute atomic E-state index is 12.2. The van der Waals surface area contributed by atoms with Gasteiger partial charge in [0.2, 0.25) is 0 Å². The van der Waals surface area contributed by atoms with Crippen molar-refractivity contribution in [3.8, 4) is 5.75 Å². The standard InChI is InChI=1S/C17H21N3O4/c1-22-14-4-2-3-13(9-14)11-18-17(21)16-10-15(24-19-16)12-20-5-7-23-8-6-20/h2-4,9-10H,5-8,11-12H2,1H3,(H,18,21). The zero-order valence-electron chi connectivity index (χ0n) is 13.7. The first-order chi connectivity index (χ1) is 11.7. The summed E-state index contributed by atoms with van der Waals surface area (Å²) in [6, 6.07) is 9.25. The highest BCUT2D eigenvalue weighted by molar-refractivity contribution is 5.92. The highest BCUT2D eigenvalue weighted by Crippen LogP contribution is 2.13. The fourth-order valence-corrected chi connectivity index (χ4v) is 2.53. The van der Waals surface area contributed by atoms with Gasteiger partial charge in [-0.05, 0) is 17.7 Å². The highest BCUT2D eigenvalue weighted by Gasteiger charge is 2.16. The Bertz CT molecular complexity index is 680. The first-order valence-corrected chi connectivity index (χ1v) is 7.91. The quantitative estimate of drug-likeness (QED) is 0.863. The molecule has 1 amide bonds. The summed E-state index contributed by atoms with van der Waals surface area (Å²) in [5.41, 5.74) is 1.25. The van der Waals surface area contributed by atoms with Crippen LogP contribution in [-0.2, 0) is 17.8 Å². The molecule has 7 heteroatoms. The monoisotopic (exact) mass is 331 g/mol. The molecule has 0 aliphatic carbocycles. The van der Waals surface area contributed by atoms with Gasteiger partial charge >= 0.3 is 0 Å². The molecule has 0 bridgehead atoms. The van der Waals surface area contributed by atoms with E-state index in [-0.39, 0.29) is 5.91 Å². The zero-order chi connectivity index (χ0) is 16.8. The number of methoxy groups -OCH3 is 1. The first-order valence-electron chi connectivity index (χ1n) is 7.91. The lowest BCUT2D eigenvalue weighted by atomic mass is 10.2. The highest BCUT2D eigenvalue weighted by atomic mass is 16.5. The molecular formula is C17H21N3O4. The Morgan fingerprint density at radius 2 is 2.17 bits per heavy atom. The van der Waals surface area contributed by atoms with Crippen molar-refractivity contribution >= 4 is 5.91 Å². The molecule has 1 fully saturated rings. The SMILES string of the molecule is COc1cccc(CNC(=O)c2cc(CN3CCOCC3)on2)c1. The summed E-state index contributed by atoms with van der Waals surface area (Å²) < 4.78 is 15.7. The normalized spacial score (nSPS) is 15.2. The molecule has 0 unspecified atom stereocenters. The maximum Gasteiger partial charge on any atom is 0.273 e. The number of benzene rings is 1. The van der Waals surface area contributed by atoms with Crippen molar-refractivity contribution < 1.29 is 18.8 Å². The maximum atomic E-state index is 12.2. The molecule has 2 heterocycles. The molecule has 128 valence electrons. The third kappa shape index (κ3) is 4.33. The van der Waals surface area contributed by atoms with Crippen molar-refractivity contribution in [3.05, 3.63) is 47.3 Å². The van der Waals surface area contributed by atoms with Gasteiger partial charge in [0.25, 0.3) is 5.91 Å². The van der Waals surface area contributed by atoms with Crippen molar-refractivity contribution in [2.75, 3.05) is 33.4 Å². The van der Waals surface area contributed by atoms with Crippen LogP contribution in [0.1, 0.15) is 21.8 Å². The van der Waals surface area contributed by atoms with Gasteiger partial charge in [0, 0.05) is 25.7 Å². The first kappa shape index (κ1) is 16.5. The molecule has 1 aliphatic heterocycles.